The molecule has 2 unspecified atom stereocenters. The Labute approximate surface area is 100 Å². The molecule has 1 aliphatic rings. The molecule has 96 valence electrons. The van der Waals surface area contributed by atoms with Crippen LogP contribution in [0.1, 0.15) is 40.0 Å². The van der Waals surface area contributed by atoms with E-state index in [1.165, 1.54) is 19.3 Å². The average molecular weight is 228 g/mol. The third-order valence-electron chi connectivity index (χ3n) is 4.24. The van der Waals surface area contributed by atoms with Crippen molar-refractivity contribution in [2.24, 2.45) is 11.7 Å². The highest BCUT2D eigenvalue weighted by molar-refractivity contribution is 4.99. The van der Waals surface area contributed by atoms with E-state index < -0.39 is 0 Å². The second-order valence-electron chi connectivity index (χ2n) is 4.88. The summed E-state index contributed by atoms with van der Waals surface area (Å²) in [4.78, 5) is 2.54. The second kappa shape index (κ2) is 6.58. The van der Waals surface area contributed by atoms with E-state index in [-0.39, 0.29) is 5.54 Å². The molecule has 16 heavy (non-hydrogen) atoms. The first kappa shape index (κ1) is 13.9. The Kier molecular flexibility index (Phi) is 5.73. The van der Waals surface area contributed by atoms with E-state index >= 15 is 0 Å². The van der Waals surface area contributed by atoms with Crippen LogP contribution in [0.2, 0.25) is 0 Å². The van der Waals surface area contributed by atoms with Crippen LogP contribution in [0.5, 0.6) is 0 Å². The Morgan fingerprint density at radius 1 is 1.44 bits per heavy atom. The molecule has 1 aliphatic carbocycles. The monoisotopic (exact) mass is 228 g/mol. The van der Waals surface area contributed by atoms with Crippen LogP contribution in [-0.4, -0.2) is 43.3 Å². The van der Waals surface area contributed by atoms with Crippen molar-refractivity contribution in [2.45, 2.75) is 45.6 Å². The van der Waals surface area contributed by atoms with E-state index in [1.54, 1.807) is 0 Å². The van der Waals surface area contributed by atoms with E-state index in [4.69, 9.17) is 10.5 Å². The number of hydrogen-bond donors (Lipinski definition) is 1. The molecule has 0 aromatic rings. The van der Waals surface area contributed by atoms with Gasteiger partial charge < -0.3 is 10.5 Å². The first-order chi connectivity index (χ1) is 7.71. The van der Waals surface area contributed by atoms with Gasteiger partial charge in [0, 0.05) is 25.2 Å². The molecule has 0 aromatic carbocycles. The molecule has 0 saturated heterocycles. The number of nitrogens with zero attached hydrogens (tertiary/aromatic N) is 1. The summed E-state index contributed by atoms with van der Waals surface area (Å²) >= 11 is 0. The van der Waals surface area contributed by atoms with E-state index in [1.807, 2.05) is 6.92 Å². The van der Waals surface area contributed by atoms with Crippen LogP contribution in [0, 0.1) is 5.92 Å². The van der Waals surface area contributed by atoms with Gasteiger partial charge >= 0.3 is 0 Å². The molecule has 1 saturated carbocycles. The van der Waals surface area contributed by atoms with Crippen molar-refractivity contribution in [1.82, 2.24) is 4.90 Å². The standard InChI is InChI=1S/C13H28N2O/c1-4-15(9-10-16-5-2)13(11-14)8-6-7-12(13)3/h12H,4-11,14H2,1-3H3. The van der Waals surface area contributed by atoms with Crippen LogP contribution in [-0.2, 0) is 4.74 Å². The molecule has 0 radical (unpaired) electrons. The maximum atomic E-state index is 6.06. The summed E-state index contributed by atoms with van der Waals surface area (Å²) in [6.45, 7) is 11.2. The minimum absolute atomic E-state index is 0.242. The molecule has 2 N–H and O–H groups in total. The quantitative estimate of drug-likeness (QED) is 0.676. The number of hydrogen-bond acceptors (Lipinski definition) is 3. The molecule has 2 atom stereocenters. The van der Waals surface area contributed by atoms with E-state index in [0.29, 0.717) is 0 Å². The molecule has 0 heterocycles. The van der Waals surface area contributed by atoms with Crippen LogP contribution in [0.15, 0.2) is 0 Å². The zero-order valence-electron chi connectivity index (χ0n) is 11.2. The van der Waals surface area contributed by atoms with Crippen LogP contribution in [0.3, 0.4) is 0 Å². The molecule has 0 aliphatic heterocycles. The van der Waals surface area contributed by atoms with Gasteiger partial charge in [-0.1, -0.05) is 20.3 Å². The molecule has 0 spiro atoms. The third-order valence-corrected chi connectivity index (χ3v) is 4.24. The molecule has 3 heteroatoms. The molecule has 1 fully saturated rings. The van der Waals surface area contributed by atoms with Gasteiger partial charge in [-0.05, 0) is 32.2 Å². The van der Waals surface area contributed by atoms with Gasteiger partial charge in [0.15, 0.2) is 0 Å². The summed E-state index contributed by atoms with van der Waals surface area (Å²) in [5, 5.41) is 0. The van der Waals surface area contributed by atoms with Crippen molar-refractivity contribution in [3.8, 4) is 0 Å². The smallest absolute Gasteiger partial charge is 0.0593 e. The molecule has 0 aromatic heterocycles. The van der Waals surface area contributed by atoms with Crippen LogP contribution < -0.4 is 5.73 Å². The van der Waals surface area contributed by atoms with Gasteiger partial charge in [-0.2, -0.15) is 0 Å². The summed E-state index contributed by atoms with van der Waals surface area (Å²) in [6.07, 6.45) is 3.90. The van der Waals surface area contributed by atoms with Crippen molar-refractivity contribution in [1.29, 1.82) is 0 Å². The van der Waals surface area contributed by atoms with Gasteiger partial charge in [0.25, 0.3) is 0 Å². The SMILES string of the molecule is CCOCCN(CC)C1(CN)CCCC1C. The normalized spacial score (nSPS) is 30.2. The fourth-order valence-corrected chi connectivity index (χ4v) is 3.15. The zero-order valence-corrected chi connectivity index (χ0v) is 11.2. The average Bonchev–Trinajstić information content (AvgIpc) is 2.67. The van der Waals surface area contributed by atoms with E-state index in [2.05, 4.69) is 18.7 Å². The first-order valence-electron chi connectivity index (χ1n) is 6.74. The van der Waals surface area contributed by atoms with Crippen molar-refractivity contribution < 1.29 is 4.74 Å². The van der Waals surface area contributed by atoms with Gasteiger partial charge in [-0.3, -0.25) is 4.90 Å². The summed E-state index contributed by atoms with van der Waals surface area (Å²) in [5.74, 6) is 0.721. The van der Waals surface area contributed by atoms with E-state index in [9.17, 15) is 0 Å². The Morgan fingerprint density at radius 3 is 2.62 bits per heavy atom. The Balaban J connectivity index is 2.60. The van der Waals surface area contributed by atoms with Crippen LogP contribution in [0.25, 0.3) is 0 Å². The van der Waals surface area contributed by atoms with E-state index in [0.717, 1.165) is 38.8 Å². The van der Waals surface area contributed by atoms with Crippen molar-refractivity contribution in [3.63, 3.8) is 0 Å². The van der Waals surface area contributed by atoms with Crippen LogP contribution in [0.4, 0.5) is 0 Å². The topological polar surface area (TPSA) is 38.5 Å². The Hall–Kier alpha value is -0.120. The Bertz CT molecular complexity index is 198. The van der Waals surface area contributed by atoms with Gasteiger partial charge in [-0.15, -0.1) is 0 Å². The minimum Gasteiger partial charge on any atom is -0.380 e. The summed E-state index contributed by atoms with van der Waals surface area (Å²) in [7, 11) is 0. The van der Waals surface area contributed by atoms with Crippen molar-refractivity contribution in [3.05, 3.63) is 0 Å². The van der Waals surface area contributed by atoms with Gasteiger partial charge in [0.1, 0.15) is 0 Å². The number of likely N-dealkylation sites (N-methyl/N-ethyl adjacent to an activating group) is 1. The number of ether oxygens (including phenoxy) is 1. The fourth-order valence-electron chi connectivity index (χ4n) is 3.15. The first-order valence-corrected chi connectivity index (χ1v) is 6.74. The lowest BCUT2D eigenvalue weighted by Gasteiger charge is -2.43. The van der Waals surface area contributed by atoms with Crippen molar-refractivity contribution >= 4 is 0 Å². The maximum absolute atomic E-state index is 6.06. The summed E-state index contributed by atoms with van der Waals surface area (Å²) < 4.78 is 5.47. The maximum Gasteiger partial charge on any atom is 0.0593 e. The second-order valence-corrected chi connectivity index (χ2v) is 4.88. The molecule has 3 nitrogen and oxygen atoms in total. The summed E-state index contributed by atoms with van der Waals surface area (Å²) in [5.41, 5.74) is 6.30. The highest BCUT2D eigenvalue weighted by Crippen LogP contribution is 2.39. The lowest BCUT2D eigenvalue weighted by atomic mass is 9.86. The molecule has 1 rings (SSSR count). The zero-order chi connectivity index (χ0) is 12.0. The largest absolute Gasteiger partial charge is 0.380 e. The lowest BCUT2D eigenvalue weighted by molar-refractivity contribution is 0.0334. The molecular weight excluding hydrogens is 200 g/mol. The van der Waals surface area contributed by atoms with Gasteiger partial charge in [0.05, 0.1) is 6.61 Å². The highest BCUT2D eigenvalue weighted by atomic mass is 16.5. The molecule has 0 bridgehead atoms. The highest BCUT2D eigenvalue weighted by Gasteiger charge is 2.42. The number of nitrogens with two attached hydrogens (primary N) is 1. The van der Waals surface area contributed by atoms with Gasteiger partial charge in [-0.25, -0.2) is 0 Å². The predicted molar refractivity (Wildman–Crippen MR) is 68.5 cm³/mol. The Morgan fingerprint density at radius 2 is 2.19 bits per heavy atom. The molecular formula is C13H28N2O. The molecule has 0 amide bonds. The minimum atomic E-state index is 0.242. The summed E-state index contributed by atoms with van der Waals surface area (Å²) in [6, 6.07) is 0. The lowest BCUT2D eigenvalue weighted by Crippen LogP contribution is -2.56. The predicted octanol–water partition coefficient (Wildman–Crippen LogP) is 1.86. The van der Waals surface area contributed by atoms with Crippen LogP contribution >= 0.6 is 0 Å². The third kappa shape index (κ3) is 2.76. The fraction of sp³-hybridized carbons (Fsp3) is 1.00. The van der Waals surface area contributed by atoms with Crippen molar-refractivity contribution in [2.75, 3.05) is 32.8 Å². The number of rotatable bonds is 7. The van der Waals surface area contributed by atoms with Gasteiger partial charge in [0.2, 0.25) is 0 Å².